The highest BCUT2D eigenvalue weighted by Gasteiger charge is 2.57. The molecule has 0 spiro atoms. The van der Waals surface area contributed by atoms with E-state index in [4.69, 9.17) is 28.8 Å². The lowest BCUT2D eigenvalue weighted by atomic mass is 9.96. The number of phosphoric acid groups is 1. The van der Waals surface area contributed by atoms with Crippen LogP contribution < -0.4 is 5.73 Å². The number of hydrogen-bond acceptors (Lipinski definition) is 12. The van der Waals surface area contributed by atoms with Gasteiger partial charge < -0.3 is 24.9 Å². The predicted molar refractivity (Wildman–Crippen MR) is 124 cm³/mol. The second-order valence-corrected chi connectivity index (χ2v) is 10.4. The molecule has 0 saturated carbocycles. The first-order chi connectivity index (χ1) is 17.2. The van der Waals surface area contributed by atoms with Crippen LogP contribution in [0.1, 0.15) is 38.2 Å². The third kappa shape index (κ3) is 4.61. The molecule has 13 nitrogen and oxygen atoms in total. The molecule has 2 saturated heterocycles. The van der Waals surface area contributed by atoms with Gasteiger partial charge >= 0.3 is 13.8 Å². The smallest absolute Gasteiger partial charge is 0.456 e. The van der Waals surface area contributed by atoms with E-state index in [1.807, 2.05) is 0 Å². The Balaban J connectivity index is 1.37. The maximum atomic E-state index is 13.2. The SMILES string of the molecule is CC(=O)O[C@@H]1[C@@H](COP2(=O)OCC[C@H](c3ccncc3)O2)O[C@@H](n2ccc3c(N)ncnc32)[C@]1(C)O. The van der Waals surface area contributed by atoms with Gasteiger partial charge in [0.05, 0.1) is 24.7 Å². The standard InChI is InChI=1S/C22H26N5O8P/c1-13(28)33-18-17(11-32-36(30)31-10-6-16(35-36)14-3-7-24-8-4-14)34-21(22(18,2)29)27-9-5-15-19(23)25-12-26-20(15)27/h3-5,7-9,12,16-18,21,29H,6,10-11H2,1-2H3,(H2,23,25,26)/t16-,17-,18-,21-,22-,36?/m1/s1. The molecular formula is C22H26N5O8P. The summed E-state index contributed by atoms with van der Waals surface area (Å²) in [4.78, 5) is 24.1. The van der Waals surface area contributed by atoms with Crippen molar-refractivity contribution in [3.63, 3.8) is 0 Å². The molecule has 3 aromatic heterocycles. The van der Waals surface area contributed by atoms with Gasteiger partial charge in [-0.1, -0.05) is 0 Å². The predicted octanol–water partition coefficient (Wildman–Crippen LogP) is 2.29. The van der Waals surface area contributed by atoms with Gasteiger partial charge in [0.2, 0.25) is 0 Å². The summed E-state index contributed by atoms with van der Waals surface area (Å²) < 4.78 is 43.0. The Hall–Kier alpha value is -2.93. The van der Waals surface area contributed by atoms with Crippen molar-refractivity contribution in [1.82, 2.24) is 19.5 Å². The van der Waals surface area contributed by atoms with Crippen molar-refractivity contribution in [1.29, 1.82) is 0 Å². The molecule has 3 N–H and O–H groups in total. The highest BCUT2D eigenvalue weighted by atomic mass is 31.2. The molecule has 2 fully saturated rings. The monoisotopic (exact) mass is 519 g/mol. The van der Waals surface area contributed by atoms with Crippen molar-refractivity contribution in [2.75, 3.05) is 18.9 Å². The van der Waals surface area contributed by atoms with Crippen molar-refractivity contribution in [2.45, 2.75) is 50.4 Å². The first-order valence-corrected chi connectivity index (χ1v) is 12.7. The van der Waals surface area contributed by atoms with Crippen molar-refractivity contribution in [3.05, 3.63) is 48.7 Å². The van der Waals surface area contributed by atoms with Gasteiger partial charge in [-0.2, -0.15) is 0 Å². The fourth-order valence-electron chi connectivity index (χ4n) is 4.47. The molecule has 1 unspecified atom stereocenters. The molecule has 3 aromatic rings. The maximum absolute atomic E-state index is 13.2. The summed E-state index contributed by atoms with van der Waals surface area (Å²) in [6.07, 6.45) is 2.92. The van der Waals surface area contributed by atoms with E-state index in [-0.39, 0.29) is 19.0 Å². The van der Waals surface area contributed by atoms with Crippen LogP contribution in [0, 0.1) is 0 Å². The number of nitrogens with zero attached hydrogens (tertiary/aromatic N) is 4. The molecule has 192 valence electrons. The zero-order valence-corrected chi connectivity index (χ0v) is 20.5. The minimum atomic E-state index is -3.98. The summed E-state index contributed by atoms with van der Waals surface area (Å²) >= 11 is 0. The molecule has 0 radical (unpaired) electrons. The molecule has 5 rings (SSSR count). The molecular weight excluding hydrogens is 493 g/mol. The van der Waals surface area contributed by atoms with Gasteiger partial charge in [-0.15, -0.1) is 0 Å². The van der Waals surface area contributed by atoms with Gasteiger partial charge in [0.1, 0.15) is 29.5 Å². The van der Waals surface area contributed by atoms with E-state index in [2.05, 4.69) is 15.0 Å². The number of aromatic nitrogens is 4. The van der Waals surface area contributed by atoms with Gasteiger partial charge in [-0.05, 0) is 30.7 Å². The quantitative estimate of drug-likeness (QED) is 0.360. The summed E-state index contributed by atoms with van der Waals surface area (Å²) in [7, 11) is -3.98. The number of hydrogen-bond donors (Lipinski definition) is 2. The van der Waals surface area contributed by atoms with E-state index in [1.165, 1.54) is 20.2 Å². The average molecular weight is 519 g/mol. The topological polar surface area (TPSA) is 170 Å². The van der Waals surface area contributed by atoms with Crippen LogP contribution in [-0.4, -0.2) is 61.6 Å². The fourth-order valence-corrected chi connectivity index (χ4v) is 5.86. The van der Waals surface area contributed by atoms with Gasteiger partial charge in [-0.3, -0.25) is 23.3 Å². The zero-order chi connectivity index (χ0) is 25.5. The number of aliphatic hydroxyl groups is 1. The Kier molecular flexibility index (Phi) is 6.54. The van der Waals surface area contributed by atoms with Crippen LogP contribution in [0.5, 0.6) is 0 Å². The summed E-state index contributed by atoms with van der Waals surface area (Å²) in [5.74, 6) is -0.366. The molecule has 6 atom stereocenters. The number of phosphoric ester groups is 1. The molecule has 0 amide bonds. The third-order valence-corrected chi connectivity index (χ3v) is 7.64. The van der Waals surface area contributed by atoms with E-state index in [1.54, 1.807) is 41.4 Å². The number of ether oxygens (including phenoxy) is 2. The lowest BCUT2D eigenvalue weighted by molar-refractivity contribution is -0.161. The molecule has 2 aliphatic rings. The number of nitrogen functional groups attached to an aromatic ring is 1. The van der Waals surface area contributed by atoms with Gasteiger partial charge in [-0.25, -0.2) is 14.5 Å². The molecule has 0 aromatic carbocycles. The number of pyridine rings is 1. The average Bonchev–Trinajstić information content (AvgIpc) is 3.38. The van der Waals surface area contributed by atoms with Crippen LogP contribution in [0.3, 0.4) is 0 Å². The van der Waals surface area contributed by atoms with Crippen LogP contribution in [0.2, 0.25) is 0 Å². The van der Waals surface area contributed by atoms with Gasteiger partial charge in [0, 0.05) is 31.9 Å². The van der Waals surface area contributed by atoms with E-state index in [0.29, 0.717) is 17.5 Å². The minimum absolute atomic E-state index is 0.153. The molecule has 14 heteroatoms. The Morgan fingerprint density at radius 3 is 2.86 bits per heavy atom. The number of esters is 1. The number of carbonyl (C=O) groups excluding carboxylic acids is 1. The number of fused-ring (bicyclic) bond motifs is 1. The van der Waals surface area contributed by atoms with E-state index in [9.17, 15) is 14.5 Å². The second-order valence-electron chi connectivity index (χ2n) is 8.74. The lowest BCUT2D eigenvalue weighted by Crippen LogP contribution is -2.47. The Morgan fingerprint density at radius 2 is 2.11 bits per heavy atom. The van der Waals surface area contributed by atoms with Crippen molar-refractivity contribution < 1.29 is 37.5 Å². The summed E-state index contributed by atoms with van der Waals surface area (Å²) in [6.45, 7) is 2.49. The molecule has 0 bridgehead atoms. The Morgan fingerprint density at radius 1 is 1.33 bits per heavy atom. The second kappa shape index (κ2) is 9.51. The van der Waals surface area contributed by atoms with Crippen molar-refractivity contribution in [2.24, 2.45) is 0 Å². The maximum Gasteiger partial charge on any atom is 0.475 e. The Labute approximate surface area is 206 Å². The highest BCUT2D eigenvalue weighted by molar-refractivity contribution is 7.48. The van der Waals surface area contributed by atoms with Gasteiger partial charge in [0.15, 0.2) is 12.3 Å². The number of rotatable bonds is 6. The van der Waals surface area contributed by atoms with Crippen molar-refractivity contribution in [3.8, 4) is 0 Å². The number of nitrogens with two attached hydrogens (primary N) is 1. The first kappa shape index (κ1) is 24.8. The summed E-state index contributed by atoms with van der Waals surface area (Å²) in [5, 5.41) is 12.0. The normalized spacial score (nSPS) is 32.5. The zero-order valence-electron chi connectivity index (χ0n) is 19.6. The van der Waals surface area contributed by atoms with Crippen molar-refractivity contribution >= 4 is 30.6 Å². The molecule has 36 heavy (non-hydrogen) atoms. The minimum Gasteiger partial charge on any atom is -0.456 e. The lowest BCUT2D eigenvalue weighted by Gasteiger charge is -2.31. The summed E-state index contributed by atoms with van der Waals surface area (Å²) in [5.41, 5.74) is 5.43. The van der Waals surface area contributed by atoms with E-state index >= 15 is 0 Å². The molecule has 0 aliphatic carbocycles. The van der Waals surface area contributed by atoms with E-state index < -0.39 is 43.9 Å². The first-order valence-electron chi connectivity index (χ1n) is 11.3. The largest absolute Gasteiger partial charge is 0.475 e. The fraction of sp³-hybridized carbons (Fsp3) is 0.455. The van der Waals surface area contributed by atoms with Crippen LogP contribution in [0.15, 0.2) is 43.1 Å². The van der Waals surface area contributed by atoms with Gasteiger partial charge in [0.25, 0.3) is 0 Å². The Bertz CT molecular complexity index is 1300. The summed E-state index contributed by atoms with van der Waals surface area (Å²) in [6, 6.07) is 5.21. The number of carbonyl (C=O) groups is 1. The highest BCUT2D eigenvalue weighted by Crippen LogP contribution is 2.57. The molecule has 5 heterocycles. The number of anilines is 1. The van der Waals surface area contributed by atoms with Crippen LogP contribution in [0.25, 0.3) is 11.0 Å². The van der Waals surface area contributed by atoms with Crippen LogP contribution in [0.4, 0.5) is 5.82 Å². The molecule has 2 aliphatic heterocycles. The van der Waals surface area contributed by atoms with Crippen LogP contribution in [-0.2, 0) is 32.4 Å². The van der Waals surface area contributed by atoms with E-state index in [0.717, 1.165) is 5.56 Å². The van der Waals surface area contributed by atoms with Crippen LogP contribution >= 0.6 is 7.82 Å². The third-order valence-electron chi connectivity index (χ3n) is 6.16.